The number of carbonyl (C=O) groups excluding carboxylic acids is 6. The Morgan fingerprint density at radius 2 is 1.47 bits per heavy atom. The van der Waals surface area contributed by atoms with E-state index in [1.54, 1.807) is 64.1 Å². The Balaban J connectivity index is 1.57. The standard InChI is InChI=1S/C52H58N2O14/c1-25-15-19-34(20-16-25)53-40-41-45(59)38-37(44(40)58)39-48(31(7)47(38)67-51(62)33-17-21-35(63-10)22-18-33)68-52(9,49(39)60)65-24-23-36(64-11)28(4)46(66-32(8)55)30(6)43(57)29(5)42(56)26(2)13-12-14-27(3)50(61)54-41/h12-24,26,28-30,36,42-43,46,53,56-57H,1-11H3,(H,54,61)/t26-,28+,29+,30-,36-,42-,43-,46+,52-/m0/s1. The number of aliphatic hydroxyl groups is 2. The molecular formula is C52H58N2O14. The van der Waals surface area contributed by atoms with Gasteiger partial charge >= 0.3 is 17.7 Å². The van der Waals surface area contributed by atoms with Crippen molar-refractivity contribution in [3.8, 4) is 17.2 Å². The first-order valence-electron chi connectivity index (χ1n) is 22.2. The van der Waals surface area contributed by atoms with Gasteiger partial charge in [0.15, 0.2) is 0 Å². The second-order valence-electron chi connectivity index (χ2n) is 17.6. The van der Waals surface area contributed by atoms with Crippen LogP contribution in [0.5, 0.6) is 17.2 Å². The molecule has 4 aliphatic rings. The smallest absolute Gasteiger partial charge is 0.343 e. The molecule has 0 aromatic heterocycles. The molecule has 16 nitrogen and oxygen atoms in total. The zero-order chi connectivity index (χ0) is 49.9. The lowest BCUT2D eigenvalue weighted by Gasteiger charge is -2.38. The monoisotopic (exact) mass is 934 g/mol. The van der Waals surface area contributed by atoms with Gasteiger partial charge in [0.05, 0.1) is 53.9 Å². The van der Waals surface area contributed by atoms with Crippen LogP contribution in [-0.2, 0) is 23.8 Å². The topological polar surface area (TPSA) is 222 Å². The first kappa shape index (κ1) is 50.5. The summed E-state index contributed by atoms with van der Waals surface area (Å²) in [6.07, 6.45) is 3.17. The minimum Gasteiger partial charge on any atom is -0.497 e. The summed E-state index contributed by atoms with van der Waals surface area (Å²) in [7, 11) is 2.87. The summed E-state index contributed by atoms with van der Waals surface area (Å²) in [6, 6.07) is 12.8. The van der Waals surface area contributed by atoms with E-state index < -0.39 is 117 Å². The molecular weight excluding hydrogens is 877 g/mol. The highest BCUT2D eigenvalue weighted by Crippen LogP contribution is 2.49. The summed E-state index contributed by atoms with van der Waals surface area (Å²) in [6.45, 7) is 14.2. The van der Waals surface area contributed by atoms with Gasteiger partial charge < -0.3 is 49.3 Å². The van der Waals surface area contributed by atoms with Crippen LogP contribution in [-0.4, -0.2) is 89.8 Å². The van der Waals surface area contributed by atoms with Gasteiger partial charge in [-0.25, -0.2) is 4.79 Å². The van der Waals surface area contributed by atoms with E-state index in [1.165, 1.54) is 78.3 Å². The summed E-state index contributed by atoms with van der Waals surface area (Å²) in [5.41, 5.74) is -0.790. The molecule has 0 radical (unpaired) electrons. The molecule has 3 aliphatic heterocycles. The lowest BCUT2D eigenvalue weighted by molar-refractivity contribution is -0.160. The average Bonchev–Trinajstić information content (AvgIpc) is 3.58. The van der Waals surface area contributed by atoms with E-state index in [4.69, 9.17) is 28.4 Å². The number of methoxy groups -OCH3 is 2. The summed E-state index contributed by atoms with van der Waals surface area (Å²) in [5, 5.41) is 28.7. The number of Topliss-reactive ketones (excluding diaryl/α,β-unsaturated/α-hetero) is 3. The minimum atomic E-state index is -2.19. The number of allylic oxidation sites excluding steroid dienone is 4. The maximum atomic E-state index is 15.2. The molecule has 7 rings (SSSR count). The Morgan fingerprint density at radius 1 is 0.809 bits per heavy atom. The van der Waals surface area contributed by atoms with Gasteiger partial charge in [-0.05, 0) is 63.2 Å². The first-order valence-corrected chi connectivity index (χ1v) is 22.2. The first-order chi connectivity index (χ1) is 32.1. The van der Waals surface area contributed by atoms with Crippen molar-refractivity contribution < 1.29 is 67.4 Å². The van der Waals surface area contributed by atoms with Crippen LogP contribution in [0.2, 0.25) is 0 Å². The van der Waals surface area contributed by atoms with Crippen LogP contribution < -0.4 is 24.8 Å². The van der Waals surface area contributed by atoms with E-state index in [1.807, 2.05) is 6.92 Å². The van der Waals surface area contributed by atoms with E-state index in [9.17, 15) is 29.4 Å². The number of benzene rings is 3. The minimum absolute atomic E-state index is 0.00975. The summed E-state index contributed by atoms with van der Waals surface area (Å²) < 4.78 is 35.2. The van der Waals surface area contributed by atoms with Crippen molar-refractivity contribution in [2.45, 2.75) is 92.5 Å². The van der Waals surface area contributed by atoms with Gasteiger partial charge in [0, 0.05) is 61.5 Å². The van der Waals surface area contributed by atoms with Crippen LogP contribution in [0.15, 0.2) is 96.1 Å². The number of hydrogen-bond donors (Lipinski definition) is 4. The number of amides is 1. The zero-order valence-corrected chi connectivity index (χ0v) is 39.9. The average molecular weight is 935 g/mol. The van der Waals surface area contributed by atoms with Gasteiger partial charge in [0.2, 0.25) is 11.6 Å². The molecule has 1 amide bonds. The van der Waals surface area contributed by atoms with Crippen LogP contribution in [0.3, 0.4) is 0 Å². The molecule has 0 unspecified atom stereocenters. The highest BCUT2D eigenvalue weighted by Gasteiger charge is 2.53. The number of fused-ring (bicyclic) bond motifs is 14. The van der Waals surface area contributed by atoms with Crippen molar-refractivity contribution in [1.29, 1.82) is 0 Å². The second kappa shape index (κ2) is 20.6. The molecule has 3 aromatic rings. The van der Waals surface area contributed by atoms with Crippen molar-refractivity contribution in [2.75, 3.05) is 19.5 Å². The fraction of sp³-hybridized carbons (Fsp3) is 0.385. The SMILES string of the molecule is COc1ccc(C(=O)Oc2c(C)c3c4c5c2C(=O)C(=C(Nc2ccc(C)cc2)C5=O)NC(=O)C(C)=CC=C[C@H](C)[C@H](O)[C@@H](C)[C@H](O)[C@H](C)[C@H](OC(C)=O)[C@H](C)[C@@H](OC)C=CO[C@@](C)(O3)C4=O)cc1. The second-order valence-corrected chi connectivity index (χ2v) is 17.6. The van der Waals surface area contributed by atoms with Crippen LogP contribution in [0.25, 0.3) is 0 Å². The maximum absolute atomic E-state index is 15.2. The van der Waals surface area contributed by atoms with Crippen molar-refractivity contribution >= 4 is 40.9 Å². The number of ether oxygens (including phenoxy) is 6. The van der Waals surface area contributed by atoms with Crippen molar-refractivity contribution in [2.24, 2.45) is 23.7 Å². The molecule has 3 aromatic carbocycles. The number of anilines is 1. The van der Waals surface area contributed by atoms with Gasteiger partial charge in [-0.2, -0.15) is 0 Å². The molecule has 360 valence electrons. The third kappa shape index (κ3) is 10.0. The third-order valence-corrected chi connectivity index (χ3v) is 12.8. The number of aryl methyl sites for hydroxylation is 1. The fourth-order valence-corrected chi connectivity index (χ4v) is 8.58. The summed E-state index contributed by atoms with van der Waals surface area (Å²) in [4.78, 5) is 85.7. The molecule has 0 saturated heterocycles. The number of aliphatic hydroxyl groups excluding tert-OH is 2. The van der Waals surface area contributed by atoms with E-state index >= 15 is 9.59 Å². The predicted octanol–water partition coefficient (Wildman–Crippen LogP) is 6.90. The summed E-state index contributed by atoms with van der Waals surface area (Å²) >= 11 is 0. The number of esters is 2. The molecule has 0 fully saturated rings. The largest absolute Gasteiger partial charge is 0.497 e. The molecule has 5 bridgehead atoms. The van der Waals surface area contributed by atoms with Crippen molar-refractivity contribution in [1.82, 2.24) is 5.32 Å². The molecule has 4 N–H and O–H groups in total. The Kier molecular flexibility index (Phi) is 15.3. The van der Waals surface area contributed by atoms with Crippen LogP contribution in [0.1, 0.15) is 101 Å². The predicted molar refractivity (Wildman–Crippen MR) is 249 cm³/mol. The molecule has 68 heavy (non-hydrogen) atoms. The van der Waals surface area contributed by atoms with Gasteiger partial charge in [-0.15, -0.1) is 0 Å². The number of ketones is 3. The normalized spacial score (nSPS) is 26.6. The molecule has 0 spiro atoms. The van der Waals surface area contributed by atoms with Gasteiger partial charge in [-0.1, -0.05) is 63.6 Å². The number of nitrogens with one attached hydrogen (secondary N) is 2. The van der Waals surface area contributed by atoms with E-state index in [0.717, 1.165) is 11.8 Å². The van der Waals surface area contributed by atoms with Crippen LogP contribution in [0, 0.1) is 37.5 Å². The van der Waals surface area contributed by atoms with E-state index in [0.29, 0.717) is 11.4 Å². The molecule has 9 atom stereocenters. The lowest BCUT2D eigenvalue weighted by atomic mass is 9.78. The summed E-state index contributed by atoms with van der Waals surface area (Å²) in [5.74, 6) is -10.1. The third-order valence-electron chi connectivity index (χ3n) is 12.8. The highest BCUT2D eigenvalue weighted by atomic mass is 16.7. The molecule has 0 saturated carbocycles. The molecule has 1 aliphatic carbocycles. The Morgan fingerprint density at radius 3 is 2.09 bits per heavy atom. The Hall–Kier alpha value is -6.88. The van der Waals surface area contributed by atoms with Gasteiger partial charge in [0.25, 0.3) is 11.7 Å². The van der Waals surface area contributed by atoms with Crippen LogP contribution >= 0.6 is 0 Å². The van der Waals surface area contributed by atoms with E-state index in [-0.39, 0.29) is 28.0 Å². The number of hydrogen-bond acceptors (Lipinski definition) is 15. The van der Waals surface area contributed by atoms with E-state index in [2.05, 4.69) is 10.6 Å². The Labute approximate surface area is 395 Å². The number of rotatable bonds is 7. The maximum Gasteiger partial charge on any atom is 0.343 e. The lowest BCUT2D eigenvalue weighted by Crippen LogP contribution is -2.46. The zero-order valence-electron chi connectivity index (χ0n) is 39.9. The quantitative estimate of drug-likeness (QED) is 0.140. The highest BCUT2D eigenvalue weighted by molar-refractivity contribution is 6.33. The fourth-order valence-electron chi connectivity index (χ4n) is 8.58. The van der Waals surface area contributed by atoms with Crippen molar-refractivity contribution in [3.63, 3.8) is 0 Å². The molecule has 16 heteroatoms. The Bertz CT molecular complexity index is 2630. The van der Waals surface area contributed by atoms with Gasteiger partial charge in [-0.3, -0.25) is 24.0 Å². The number of carbonyl (C=O) groups is 6. The van der Waals surface area contributed by atoms with Crippen LogP contribution in [0.4, 0.5) is 5.69 Å². The van der Waals surface area contributed by atoms with Crippen molar-refractivity contribution in [3.05, 3.63) is 129 Å². The molecule has 3 heterocycles. The van der Waals surface area contributed by atoms with Gasteiger partial charge in [0.1, 0.15) is 34.7 Å².